The van der Waals surface area contributed by atoms with Crippen LogP contribution < -0.4 is 5.32 Å². The molecule has 0 amide bonds. The molecule has 17 heavy (non-hydrogen) atoms. The van der Waals surface area contributed by atoms with Gasteiger partial charge in [0.05, 0.1) is 0 Å². The van der Waals surface area contributed by atoms with Crippen LogP contribution in [0.2, 0.25) is 0 Å². The van der Waals surface area contributed by atoms with Crippen LogP contribution in [0.4, 0.5) is 0 Å². The second-order valence-corrected chi connectivity index (χ2v) is 5.11. The van der Waals surface area contributed by atoms with Crippen molar-refractivity contribution in [3.8, 4) is 0 Å². The van der Waals surface area contributed by atoms with Crippen LogP contribution in [0.5, 0.6) is 0 Å². The lowest BCUT2D eigenvalue weighted by molar-refractivity contribution is 0.465. The summed E-state index contributed by atoms with van der Waals surface area (Å²) in [5, 5.41) is 3.53. The second kappa shape index (κ2) is 7.49. The third kappa shape index (κ3) is 4.50. The van der Waals surface area contributed by atoms with E-state index >= 15 is 0 Å². The van der Waals surface area contributed by atoms with Crippen LogP contribution in [0.25, 0.3) is 0 Å². The van der Waals surface area contributed by atoms with Crippen LogP contribution >= 0.6 is 0 Å². The van der Waals surface area contributed by atoms with Crippen molar-refractivity contribution in [2.45, 2.75) is 58.9 Å². The molecular weight excluding hydrogens is 210 g/mol. The average molecular weight is 237 g/mol. The molecule has 0 aliphatic heterocycles. The number of nitrogens with zero attached hydrogens (tertiary/aromatic N) is 2. The third-order valence-corrected chi connectivity index (χ3v) is 3.09. The molecule has 0 radical (unpaired) electrons. The molecule has 0 fully saturated rings. The zero-order chi connectivity index (χ0) is 12.7. The maximum Gasteiger partial charge on any atom is 0.111 e. The number of aromatic nitrogens is 2. The minimum Gasteiger partial charge on any atom is -0.331 e. The van der Waals surface area contributed by atoms with Gasteiger partial charge < -0.3 is 9.88 Å². The van der Waals surface area contributed by atoms with E-state index in [0.717, 1.165) is 13.1 Å². The van der Waals surface area contributed by atoms with E-state index in [1.54, 1.807) is 0 Å². The van der Waals surface area contributed by atoms with E-state index in [0.29, 0.717) is 12.0 Å². The third-order valence-electron chi connectivity index (χ3n) is 3.09. The Bertz CT molecular complexity index is 304. The maximum atomic E-state index is 4.43. The van der Waals surface area contributed by atoms with Gasteiger partial charge in [0.15, 0.2) is 0 Å². The summed E-state index contributed by atoms with van der Waals surface area (Å²) in [7, 11) is 0. The van der Waals surface area contributed by atoms with Crippen molar-refractivity contribution in [3.63, 3.8) is 0 Å². The Kier molecular flexibility index (Phi) is 6.27. The fraction of sp³-hybridized carbons (Fsp3) is 0.786. The van der Waals surface area contributed by atoms with Crippen LogP contribution in [0.1, 0.15) is 64.7 Å². The van der Waals surface area contributed by atoms with Gasteiger partial charge in [0.1, 0.15) is 5.82 Å². The van der Waals surface area contributed by atoms with Crippen LogP contribution in [0.3, 0.4) is 0 Å². The molecule has 0 aliphatic carbocycles. The Hall–Kier alpha value is -0.830. The molecule has 0 bridgehead atoms. The highest BCUT2D eigenvalue weighted by Gasteiger charge is 2.11. The molecule has 1 unspecified atom stereocenters. The van der Waals surface area contributed by atoms with Crippen LogP contribution in [-0.2, 0) is 0 Å². The molecule has 1 N–H and O–H groups in total. The van der Waals surface area contributed by atoms with Gasteiger partial charge in [-0.2, -0.15) is 0 Å². The zero-order valence-corrected chi connectivity index (χ0v) is 11.7. The molecule has 1 atom stereocenters. The number of hydrogen-bond acceptors (Lipinski definition) is 2. The summed E-state index contributed by atoms with van der Waals surface area (Å²) >= 11 is 0. The van der Waals surface area contributed by atoms with Gasteiger partial charge in [-0.15, -0.1) is 0 Å². The highest BCUT2D eigenvalue weighted by molar-refractivity contribution is 4.99. The van der Waals surface area contributed by atoms with Gasteiger partial charge in [0.25, 0.3) is 0 Å². The van der Waals surface area contributed by atoms with Crippen molar-refractivity contribution >= 4 is 0 Å². The molecular formula is C14H27N3. The fourth-order valence-electron chi connectivity index (χ4n) is 2.05. The van der Waals surface area contributed by atoms with E-state index < -0.39 is 0 Å². The normalized spacial score (nSPS) is 13.2. The summed E-state index contributed by atoms with van der Waals surface area (Å²) < 4.78 is 2.29. The van der Waals surface area contributed by atoms with E-state index in [1.165, 1.54) is 25.1 Å². The van der Waals surface area contributed by atoms with Crippen LogP contribution in [-0.4, -0.2) is 22.6 Å². The quantitative estimate of drug-likeness (QED) is 0.703. The number of hydrogen-bond donors (Lipinski definition) is 1. The molecule has 0 saturated carbocycles. The largest absolute Gasteiger partial charge is 0.331 e. The highest BCUT2D eigenvalue weighted by Crippen LogP contribution is 2.16. The van der Waals surface area contributed by atoms with Crippen LogP contribution in [0, 0.1) is 0 Å². The predicted molar refractivity (Wildman–Crippen MR) is 73.4 cm³/mol. The molecule has 98 valence electrons. The summed E-state index contributed by atoms with van der Waals surface area (Å²) in [4.78, 5) is 4.43. The van der Waals surface area contributed by atoms with Crippen molar-refractivity contribution in [1.82, 2.24) is 14.9 Å². The lowest BCUT2D eigenvalue weighted by Crippen LogP contribution is -2.25. The lowest BCUT2D eigenvalue weighted by atomic mass is 10.2. The van der Waals surface area contributed by atoms with Crippen molar-refractivity contribution in [2.24, 2.45) is 0 Å². The second-order valence-electron chi connectivity index (χ2n) is 5.11. The molecule has 0 aromatic carbocycles. The molecule has 0 spiro atoms. The summed E-state index contributed by atoms with van der Waals surface area (Å²) in [6.45, 7) is 11.0. The molecule has 0 saturated heterocycles. The van der Waals surface area contributed by atoms with E-state index in [1.807, 2.05) is 6.20 Å². The first kappa shape index (κ1) is 14.2. The average Bonchev–Trinajstić information content (AvgIpc) is 2.77. The molecule has 1 heterocycles. The predicted octanol–water partition coefficient (Wildman–Crippen LogP) is 3.35. The zero-order valence-electron chi connectivity index (χ0n) is 11.7. The van der Waals surface area contributed by atoms with Gasteiger partial charge in [0.2, 0.25) is 0 Å². The molecule has 3 nitrogen and oxygen atoms in total. The smallest absolute Gasteiger partial charge is 0.111 e. The minimum absolute atomic E-state index is 0.483. The van der Waals surface area contributed by atoms with Gasteiger partial charge in [-0.3, -0.25) is 0 Å². The Balaban J connectivity index is 2.36. The number of unbranched alkanes of at least 4 members (excludes halogenated alkanes) is 2. The van der Waals surface area contributed by atoms with Crippen molar-refractivity contribution in [1.29, 1.82) is 0 Å². The Morgan fingerprint density at radius 3 is 2.71 bits per heavy atom. The van der Waals surface area contributed by atoms with E-state index in [9.17, 15) is 0 Å². The maximum absolute atomic E-state index is 4.43. The Morgan fingerprint density at radius 2 is 2.06 bits per heavy atom. The first-order chi connectivity index (χ1) is 8.16. The van der Waals surface area contributed by atoms with Crippen LogP contribution in [0.15, 0.2) is 12.4 Å². The molecule has 1 aromatic heterocycles. The molecule has 0 aliphatic rings. The van der Waals surface area contributed by atoms with Crippen molar-refractivity contribution in [3.05, 3.63) is 18.2 Å². The summed E-state index contributed by atoms with van der Waals surface area (Å²) in [5.41, 5.74) is 0. The van der Waals surface area contributed by atoms with Gasteiger partial charge in [0, 0.05) is 30.9 Å². The number of rotatable bonds is 8. The van der Waals surface area contributed by atoms with Gasteiger partial charge in [-0.25, -0.2) is 4.98 Å². The van der Waals surface area contributed by atoms with Gasteiger partial charge in [-0.1, -0.05) is 33.6 Å². The monoisotopic (exact) mass is 237 g/mol. The summed E-state index contributed by atoms with van der Waals surface area (Å²) in [6, 6.07) is 0.483. The summed E-state index contributed by atoms with van der Waals surface area (Å²) in [6.07, 6.45) is 7.89. The number of imidazole rings is 1. The molecule has 1 rings (SSSR count). The van der Waals surface area contributed by atoms with E-state index in [-0.39, 0.29) is 0 Å². The first-order valence-electron chi connectivity index (χ1n) is 6.90. The lowest BCUT2D eigenvalue weighted by Gasteiger charge is -2.18. The Labute approximate surface area is 106 Å². The standard InChI is InChI=1S/C14H27N3/c1-5-6-7-8-15-11-13(4)17-10-9-16-14(17)12(2)3/h9-10,12-13,15H,5-8,11H2,1-4H3. The first-order valence-corrected chi connectivity index (χ1v) is 6.90. The van der Waals surface area contributed by atoms with Crippen molar-refractivity contribution < 1.29 is 0 Å². The number of nitrogens with one attached hydrogen (secondary N) is 1. The SMILES string of the molecule is CCCCCNCC(C)n1ccnc1C(C)C. The van der Waals surface area contributed by atoms with Gasteiger partial charge in [-0.05, 0) is 19.9 Å². The highest BCUT2D eigenvalue weighted by atomic mass is 15.1. The van der Waals surface area contributed by atoms with Gasteiger partial charge >= 0.3 is 0 Å². The van der Waals surface area contributed by atoms with E-state index in [4.69, 9.17) is 0 Å². The van der Waals surface area contributed by atoms with Crippen molar-refractivity contribution in [2.75, 3.05) is 13.1 Å². The fourth-order valence-corrected chi connectivity index (χ4v) is 2.05. The summed E-state index contributed by atoms with van der Waals surface area (Å²) in [5.74, 6) is 1.68. The topological polar surface area (TPSA) is 29.9 Å². The molecule has 1 aromatic rings. The minimum atomic E-state index is 0.483. The van der Waals surface area contributed by atoms with E-state index in [2.05, 4.69) is 48.8 Å². The molecule has 3 heteroatoms. The Morgan fingerprint density at radius 1 is 1.29 bits per heavy atom.